The summed E-state index contributed by atoms with van der Waals surface area (Å²) in [5.74, 6) is 0.859. The number of aromatic nitrogens is 1. The Kier molecular flexibility index (Phi) is 3.22. The highest BCUT2D eigenvalue weighted by Crippen LogP contribution is 2.42. The lowest BCUT2D eigenvalue weighted by atomic mass is 10.0. The molecular weight excluding hydrogens is 276 g/mol. The molecule has 2 aliphatic heterocycles. The Hall–Kier alpha value is -1.81. The molecular formula is C18H22N2O2. The van der Waals surface area contributed by atoms with Crippen molar-refractivity contribution in [1.82, 2.24) is 9.47 Å². The number of carbonyl (C=O) groups excluding carboxylic acids is 1. The Labute approximate surface area is 130 Å². The van der Waals surface area contributed by atoms with Crippen LogP contribution < -0.4 is 4.74 Å². The second-order valence-electron chi connectivity index (χ2n) is 6.45. The topological polar surface area (TPSA) is 34.5 Å². The fourth-order valence-electron chi connectivity index (χ4n) is 4.27. The van der Waals surface area contributed by atoms with Crippen molar-refractivity contribution >= 4 is 17.2 Å². The van der Waals surface area contributed by atoms with Crippen LogP contribution in [0.2, 0.25) is 0 Å². The lowest BCUT2D eigenvalue weighted by Crippen LogP contribution is -2.24. The second-order valence-corrected chi connectivity index (χ2v) is 6.45. The van der Waals surface area contributed by atoms with Crippen molar-refractivity contribution in [1.29, 1.82) is 0 Å². The Bertz CT molecular complexity index is 741. The molecule has 0 bridgehead atoms. The number of benzene rings is 1. The van der Waals surface area contributed by atoms with E-state index in [1.54, 1.807) is 7.11 Å². The van der Waals surface area contributed by atoms with E-state index in [4.69, 9.17) is 4.74 Å². The van der Waals surface area contributed by atoms with Gasteiger partial charge in [0.2, 0.25) is 0 Å². The van der Waals surface area contributed by atoms with Crippen LogP contribution in [-0.2, 0) is 6.54 Å². The van der Waals surface area contributed by atoms with Gasteiger partial charge in [0.15, 0.2) is 6.29 Å². The summed E-state index contributed by atoms with van der Waals surface area (Å²) in [7, 11) is 1.69. The normalized spacial score (nSPS) is 21.5. The molecule has 0 radical (unpaired) electrons. The van der Waals surface area contributed by atoms with Crippen molar-refractivity contribution in [2.24, 2.45) is 0 Å². The number of hydrogen-bond donors (Lipinski definition) is 0. The lowest BCUT2D eigenvalue weighted by molar-refractivity contribution is 0.112. The highest BCUT2D eigenvalue weighted by atomic mass is 16.5. The molecule has 1 aromatic heterocycles. The van der Waals surface area contributed by atoms with E-state index < -0.39 is 0 Å². The quantitative estimate of drug-likeness (QED) is 0.815. The summed E-state index contributed by atoms with van der Waals surface area (Å²) in [5.41, 5.74) is 4.39. The highest BCUT2D eigenvalue weighted by molar-refractivity contribution is 6.01. The maximum atomic E-state index is 11.8. The standard InChI is InChI=1S/C18H22N2O2/c1-12-9-16-13(10-17(12)22-2)14(11-21)18-15(5-8-20(16)18)19-6-3-4-7-19/h9-11,15H,3-8H2,1-2H3. The van der Waals surface area contributed by atoms with E-state index in [0.717, 1.165) is 54.6 Å². The summed E-state index contributed by atoms with van der Waals surface area (Å²) in [5, 5.41) is 1.04. The van der Waals surface area contributed by atoms with Crippen molar-refractivity contribution in [3.63, 3.8) is 0 Å². The van der Waals surface area contributed by atoms with Crippen molar-refractivity contribution in [2.75, 3.05) is 20.2 Å². The molecule has 1 fully saturated rings. The number of methoxy groups -OCH3 is 1. The summed E-state index contributed by atoms with van der Waals surface area (Å²) >= 11 is 0. The Balaban J connectivity index is 1.93. The van der Waals surface area contributed by atoms with Crippen LogP contribution in [0, 0.1) is 6.92 Å². The van der Waals surface area contributed by atoms with Gasteiger partial charge in [0.05, 0.1) is 13.2 Å². The number of hydrogen-bond acceptors (Lipinski definition) is 3. The van der Waals surface area contributed by atoms with Gasteiger partial charge in [-0.15, -0.1) is 0 Å². The third-order valence-corrected chi connectivity index (χ3v) is 5.30. The van der Waals surface area contributed by atoms with E-state index in [1.165, 1.54) is 24.1 Å². The first kappa shape index (κ1) is 13.8. The zero-order valence-corrected chi connectivity index (χ0v) is 13.3. The van der Waals surface area contributed by atoms with Crippen LogP contribution in [-0.4, -0.2) is 36.0 Å². The highest BCUT2D eigenvalue weighted by Gasteiger charge is 2.34. The number of nitrogens with zero attached hydrogens (tertiary/aromatic N) is 2. The van der Waals surface area contributed by atoms with Gasteiger partial charge >= 0.3 is 0 Å². The van der Waals surface area contributed by atoms with Crippen molar-refractivity contribution in [3.05, 3.63) is 29.0 Å². The molecule has 1 saturated heterocycles. The average molecular weight is 298 g/mol. The van der Waals surface area contributed by atoms with Gasteiger partial charge in [-0.25, -0.2) is 0 Å². The number of carbonyl (C=O) groups is 1. The smallest absolute Gasteiger partial charge is 0.152 e. The van der Waals surface area contributed by atoms with Gasteiger partial charge in [0.25, 0.3) is 0 Å². The van der Waals surface area contributed by atoms with Gasteiger partial charge in [0.1, 0.15) is 5.75 Å². The molecule has 1 aromatic carbocycles. The van der Waals surface area contributed by atoms with Gasteiger partial charge in [-0.1, -0.05) is 0 Å². The minimum atomic E-state index is 0.404. The number of ether oxygens (including phenoxy) is 1. The molecule has 116 valence electrons. The maximum Gasteiger partial charge on any atom is 0.152 e. The summed E-state index contributed by atoms with van der Waals surface area (Å²) < 4.78 is 7.80. The van der Waals surface area contributed by atoms with E-state index in [-0.39, 0.29) is 0 Å². The summed E-state index contributed by atoms with van der Waals surface area (Å²) in [6.07, 6.45) is 4.72. The third-order valence-electron chi connectivity index (χ3n) is 5.30. The maximum absolute atomic E-state index is 11.8. The van der Waals surface area contributed by atoms with Crippen LogP contribution in [0.4, 0.5) is 0 Å². The molecule has 0 spiro atoms. The number of likely N-dealkylation sites (tertiary alicyclic amines) is 1. The van der Waals surface area contributed by atoms with Crippen molar-refractivity contribution in [2.45, 2.75) is 38.8 Å². The molecule has 2 aliphatic rings. The van der Waals surface area contributed by atoms with E-state index in [1.807, 2.05) is 6.07 Å². The van der Waals surface area contributed by atoms with Gasteiger partial charge in [-0.3, -0.25) is 9.69 Å². The number of aldehydes is 1. The second kappa shape index (κ2) is 5.13. The van der Waals surface area contributed by atoms with Crippen LogP contribution >= 0.6 is 0 Å². The van der Waals surface area contributed by atoms with Crippen molar-refractivity contribution < 1.29 is 9.53 Å². The fourth-order valence-corrected chi connectivity index (χ4v) is 4.27. The van der Waals surface area contributed by atoms with Gasteiger partial charge in [0, 0.05) is 28.7 Å². The first-order valence-corrected chi connectivity index (χ1v) is 8.14. The zero-order valence-electron chi connectivity index (χ0n) is 13.3. The van der Waals surface area contributed by atoms with Crippen LogP contribution in [0.5, 0.6) is 5.75 Å². The fraction of sp³-hybridized carbons (Fsp3) is 0.500. The van der Waals surface area contributed by atoms with Crippen LogP contribution in [0.3, 0.4) is 0 Å². The summed E-state index contributed by atoms with van der Waals surface area (Å²) in [6.45, 7) is 5.39. The molecule has 22 heavy (non-hydrogen) atoms. The molecule has 4 nitrogen and oxygen atoms in total. The van der Waals surface area contributed by atoms with Crippen LogP contribution in [0.25, 0.3) is 10.9 Å². The van der Waals surface area contributed by atoms with Gasteiger partial charge < -0.3 is 9.30 Å². The number of rotatable bonds is 3. The third kappa shape index (κ3) is 1.83. The zero-order chi connectivity index (χ0) is 15.3. The summed E-state index contributed by atoms with van der Waals surface area (Å²) in [6, 6.07) is 4.60. The molecule has 2 aromatic rings. The first-order valence-electron chi connectivity index (χ1n) is 8.14. The lowest BCUT2D eigenvalue weighted by Gasteiger charge is -2.23. The van der Waals surface area contributed by atoms with E-state index in [9.17, 15) is 4.79 Å². The monoisotopic (exact) mass is 298 g/mol. The summed E-state index contributed by atoms with van der Waals surface area (Å²) in [4.78, 5) is 14.4. The molecule has 0 N–H and O–H groups in total. The van der Waals surface area contributed by atoms with E-state index in [0.29, 0.717) is 6.04 Å². The van der Waals surface area contributed by atoms with Crippen LogP contribution in [0.1, 0.15) is 46.9 Å². The molecule has 4 rings (SSSR count). The van der Waals surface area contributed by atoms with Gasteiger partial charge in [-0.05, 0) is 57.0 Å². The number of aryl methyl sites for hydroxylation is 2. The largest absolute Gasteiger partial charge is 0.496 e. The molecule has 0 aliphatic carbocycles. The molecule has 0 saturated carbocycles. The Morgan fingerprint density at radius 3 is 2.68 bits per heavy atom. The SMILES string of the molecule is COc1cc2c(C=O)c3n(c2cc1C)CCC3N1CCCC1. The minimum Gasteiger partial charge on any atom is -0.496 e. The predicted octanol–water partition coefficient (Wildman–Crippen LogP) is 3.31. The van der Waals surface area contributed by atoms with Crippen molar-refractivity contribution in [3.8, 4) is 5.75 Å². The van der Waals surface area contributed by atoms with E-state index in [2.05, 4.69) is 22.5 Å². The molecule has 0 amide bonds. The van der Waals surface area contributed by atoms with E-state index >= 15 is 0 Å². The molecule has 1 atom stereocenters. The Morgan fingerprint density at radius 1 is 1.23 bits per heavy atom. The number of fused-ring (bicyclic) bond motifs is 3. The predicted molar refractivity (Wildman–Crippen MR) is 86.8 cm³/mol. The van der Waals surface area contributed by atoms with Crippen LogP contribution in [0.15, 0.2) is 12.1 Å². The molecule has 4 heteroatoms. The first-order chi connectivity index (χ1) is 10.7. The minimum absolute atomic E-state index is 0.404. The average Bonchev–Trinajstić information content (AvgIpc) is 3.22. The molecule has 1 unspecified atom stereocenters. The molecule has 3 heterocycles. The van der Waals surface area contributed by atoms with Gasteiger partial charge in [-0.2, -0.15) is 0 Å². The Morgan fingerprint density at radius 2 is 2.00 bits per heavy atom.